The molecule has 1 fully saturated rings. The molecule has 1 aliphatic heterocycles. The van der Waals surface area contributed by atoms with Crippen molar-refractivity contribution in [3.63, 3.8) is 0 Å². The van der Waals surface area contributed by atoms with Crippen LogP contribution >= 0.6 is 0 Å². The van der Waals surface area contributed by atoms with Crippen LogP contribution in [0.25, 0.3) is 0 Å². The highest BCUT2D eigenvalue weighted by atomic mass is 19.4. The maximum atomic E-state index is 12.7. The molecule has 1 aliphatic rings. The number of alkyl halides is 3. The van der Waals surface area contributed by atoms with Crippen LogP contribution in [0.5, 0.6) is 0 Å². The van der Waals surface area contributed by atoms with Crippen LogP contribution in [0, 0.1) is 0 Å². The van der Waals surface area contributed by atoms with E-state index in [1.54, 1.807) is 7.05 Å². The molecule has 1 heterocycles. The summed E-state index contributed by atoms with van der Waals surface area (Å²) in [5.74, 6) is 0.661. The van der Waals surface area contributed by atoms with E-state index in [0.717, 1.165) is 54.9 Å². The molecule has 5 nitrogen and oxygen atoms in total. The van der Waals surface area contributed by atoms with Crippen molar-refractivity contribution >= 4 is 5.96 Å². The van der Waals surface area contributed by atoms with Crippen molar-refractivity contribution in [2.24, 2.45) is 4.99 Å². The average Bonchev–Trinajstić information content (AvgIpc) is 2.79. The first kappa shape index (κ1) is 24.1. The van der Waals surface area contributed by atoms with E-state index >= 15 is 0 Å². The number of nitrogens with zero attached hydrogens (tertiary/aromatic N) is 2. The Hall–Kier alpha value is -2.58. The third kappa shape index (κ3) is 7.24. The molecule has 0 amide bonds. The van der Waals surface area contributed by atoms with Crippen LogP contribution in [0.4, 0.5) is 13.2 Å². The Morgan fingerprint density at radius 2 is 1.78 bits per heavy atom. The topological polar surface area (TPSA) is 46.1 Å². The Balaban J connectivity index is 1.51. The highest BCUT2D eigenvalue weighted by Crippen LogP contribution is 2.29. The number of aliphatic imine (C=N–C) groups is 1. The van der Waals surface area contributed by atoms with Crippen LogP contribution in [0.15, 0.2) is 53.5 Å². The second-order valence-electron chi connectivity index (χ2n) is 7.89. The fourth-order valence-corrected chi connectivity index (χ4v) is 3.60. The van der Waals surface area contributed by atoms with E-state index in [0.29, 0.717) is 25.7 Å². The summed E-state index contributed by atoms with van der Waals surface area (Å²) in [6, 6.07) is 13.4. The van der Waals surface area contributed by atoms with Crippen molar-refractivity contribution in [3.8, 4) is 0 Å². The minimum absolute atomic E-state index is 0.253. The van der Waals surface area contributed by atoms with E-state index in [1.807, 2.05) is 30.1 Å². The van der Waals surface area contributed by atoms with Crippen molar-refractivity contribution in [2.45, 2.75) is 44.8 Å². The third-order valence-corrected chi connectivity index (χ3v) is 5.37. The smallest absolute Gasteiger partial charge is 0.381 e. The zero-order chi connectivity index (χ0) is 23.0. The first-order chi connectivity index (χ1) is 15.3. The molecule has 0 radical (unpaired) electrons. The molecule has 32 heavy (non-hydrogen) atoms. The van der Waals surface area contributed by atoms with Gasteiger partial charge in [0, 0.05) is 40.4 Å². The van der Waals surface area contributed by atoms with E-state index in [4.69, 9.17) is 9.47 Å². The van der Waals surface area contributed by atoms with Crippen molar-refractivity contribution < 1.29 is 22.6 Å². The van der Waals surface area contributed by atoms with Crippen LogP contribution in [-0.4, -0.2) is 44.3 Å². The molecule has 0 unspecified atom stereocenters. The Morgan fingerprint density at radius 3 is 2.44 bits per heavy atom. The van der Waals surface area contributed by atoms with Crippen molar-refractivity contribution in [3.05, 3.63) is 70.8 Å². The van der Waals surface area contributed by atoms with E-state index < -0.39 is 11.7 Å². The molecule has 0 aromatic heterocycles. The molecule has 0 saturated carbocycles. The van der Waals surface area contributed by atoms with Gasteiger partial charge in [-0.15, -0.1) is 0 Å². The number of halogens is 3. The lowest BCUT2D eigenvalue weighted by Crippen LogP contribution is -2.38. The van der Waals surface area contributed by atoms with Crippen molar-refractivity contribution in [1.82, 2.24) is 10.2 Å². The van der Waals surface area contributed by atoms with Crippen LogP contribution in [0.3, 0.4) is 0 Å². The molecule has 8 heteroatoms. The second kappa shape index (κ2) is 11.3. The molecule has 1 N–H and O–H groups in total. The Kier molecular flexibility index (Phi) is 8.53. The Bertz CT molecular complexity index is 879. The number of benzene rings is 2. The van der Waals surface area contributed by atoms with Gasteiger partial charge in [-0.05, 0) is 41.7 Å². The van der Waals surface area contributed by atoms with Gasteiger partial charge in [0.25, 0.3) is 0 Å². The van der Waals surface area contributed by atoms with Crippen LogP contribution in [0.2, 0.25) is 0 Å². The van der Waals surface area contributed by atoms with Gasteiger partial charge in [-0.2, -0.15) is 13.2 Å². The van der Waals surface area contributed by atoms with Gasteiger partial charge < -0.3 is 19.7 Å². The summed E-state index contributed by atoms with van der Waals surface area (Å²) in [6.07, 6.45) is -2.21. The third-order valence-electron chi connectivity index (χ3n) is 5.37. The molecule has 0 aliphatic carbocycles. The zero-order valence-corrected chi connectivity index (χ0v) is 18.5. The second-order valence-corrected chi connectivity index (χ2v) is 7.89. The summed E-state index contributed by atoms with van der Waals surface area (Å²) in [4.78, 5) is 6.17. The molecule has 2 aromatic carbocycles. The van der Waals surface area contributed by atoms with E-state index in [1.165, 1.54) is 12.1 Å². The van der Waals surface area contributed by atoms with E-state index in [9.17, 15) is 13.2 Å². The highest BCUT2D eigenvalue weighted by molar-refractivity contribution is 5.79. The molecule has 1 saturated heterocycles. The molecule has 3 rings (SSSR count). The summed E-state index contributed by atoms with van der Waals surface area (Å²) >= 11 is 0. The summed E-state index contributed by atoms with van der Waals surface area (Å²) < 4.78 is 49.6. The normalized spacial score (nSPS) is 15.6. The average molecular weight is 450 g/mol. The predicted octanol–water partition coefficient (Wildman–Crippen LogP) is 4.61. The van der Waals surface area contributed by atoms with Crippen LogP contribution in [-0.2, 0) is 35.3 Å². The Morgan fingerprint density at radius 1 is 1.09 bits per heavy atom. The van der Waals surface area contributed by atoms with Gasteiger partial charge in [0.15, 0.2) is 5.96 Å². The summed E-state index contributed by atoms with van der Waals surface area (Å²) in [5, 5.41) is 3.31. The largest absolute Gasteiger partial charge is 0.416 e. The lowest BCUT2D eigenvalue weighted by molar-refractivity contribution is -0.137. The summed E-state index contributed by atoms with van der Waals surface area (Å²) in [6.45, 7) is 3.11. The number of nitrogens with one attached hydrogen (secondary N) is 1. The first-order valence-corrected chi connectivity index (χ1v) is 10.7. The maximum Gasteiger partial charge on any atom is 0.416 e. The van der Waals surface area contributed by atoms with Gasteiger partial charge in [-0.1, -0.05) is 36.4 Å². The number of guanidine groups is 1. The fraction of sp³-hybridized carbons (Fsp3) is 0.458. The summed E-state index contributed by atoms with van der Waals surface area (Å²) in [5.41, 5.74) is 2.34. The van der Waals surface area contributed by atoms with Crippen LogP contribution < -0.4 is 5.32 Å². The lowest BCUT2D eigenvalue weighted by Gasteiger charge is -2.23. The molecule has 0 bridgehead atoms. The van der Waals surface area contributed by atoms with E-state index in [-0.39, 0.29) is 6.10 Å². The van der Waals surface area contributed by atoms with Gasteiger partial charge in [-0.3, -0.25) is 4.99 Å². The van der Waals surface area contributed by atoms with E-state index in [2.05, 4.69) is 16.4 Å². The standard InChI is InChI=1S/C24H30F3N3O2/c1-28-23(30(2)16-18-6-8-21(9-7-18)24(25,26)27)29-15-19-4-3-5-20(14-19)17-32-22-10-12-31-13-11-22/h3-9,14,22H,10-13,15-17H2,1-2H3,(H,28,29). The molecular weight excluding hydrogens is 419 g/mol. The quantitative estimate of drug-likeness (QED) is 0.496. The zero-order valence-electron chi connectivity index (χ0n) is 18.5. The minimum Gasteiger partial charge on any atom is -0.381 e. The van der Waals surface area contributed by atoms with Gasteiger partial charge in [0.05, 0.1) is 18.3 Å². The van der Waals surface area contributed by atoms with Crippen LogP contribution in [0.1, 0.15) is 35.1 Å². The lowest BCUT2D eigenvalue weighted by atomic mass is 10.1. The molecule has 2 aromatic rings. The maximum absolute atomic E-state index is 12.7. The minimum atomic E-state index is -4.33. The van der Waals surface area contributed by atoms with Gasteiger partial charge in [0.1, 0.15) is 0 Å². The first-order valence-electron chi connectivity index (χ1n) is 10.7. The fourth-order valence-electron chi connectivity index (χ4n) is 3.60. The predicted molar refractivity (Wildman–Crippen MR) is 118 cm³/mol. The number of ether oxygens (including phenoxy) is 2. The number of hydrogen-bond donors (Lipinski definition) is 1. The van der Waals surface area contributed by atoms with Gasteiger partial charge in [-0.25, -0.2) is 0 Å². The van der Waals surface area contributed by atoms with Crippen molar-refractivity contribution in [1.29, 1.82) is 0 Å². The molecule has 174 valence electrons. The molecule has 0 atom stereocenters. The monoisotopic (exact) mass is 449 g/mol. The highest BCUT2D eigenvalue weighted by Gasteiger charge is 2.29. The Labute approximate surface area is 187 Å². The SMILES string of the molecule is CN=C(NCc1cccc(COC2CCOCC2)c1)N(C)Cc1ccc(C(F)(F)F)cc1. The molecule has 0 spiro atoms. The van der Waals surface area contributed by atoms with Crippen molar-refractivity contribution in [2.75, 3.05) is 27.3 Å². The van der Waals surface area contributed by atoms with Gasteiger partial charge in [0.2, 0.25) is 0 Å². The summed E-state index contributed by atoms with van der Waals surface area (Å²) in [7, 11) is 3.54. The van der Waals surface area contributed by atoms with Gasteiger partial charge >= 0.3 is 6.18 Å². The number of rotatable bonds is 7. The number of hydrogen-bond acceptors (Lipinski definition) is 3. The molecular formula is C24H30F3N3O2.